The molecule has 0 aromatic heterocycles. The van der Waals surface area contributed by atoms with Crippen molar-refractivity contribution in [3.8, 4) is 5.75 Å². The summed E-state index contributed by atoms with van der Waals surface area (Å²) < 4.78 is 5.24. The fourth-order valence-electron chi connectivity index (χ4n) is 2.94. The van der Waals surface area contributed by atoms with Crippen LogP contribution < -0.4 is 10.1 Å². The lowest BCUT2D eigenvalue weighted by Crippen LogP contribution is -2.22. The number of ether oxygens (including phenoxy) is 1. The fourth-order valence-corrected chi connectivity index (χ4v) is 2.94. The summed E-state index contributed by atoms with van der Waals surface area (Å²) in [6.45, 7) is 2.65. The van der Waals surface area contributed by atoms with E-state index in [0.717, 1.165) is 29.3 Å². The number of aliphatic hydroxyl groups excluding tert-OH is 1. The van der Waals surface area contributed by atoms with E-state index in [1.165, 1.54) is 25.7 Å². The second-order valence-corrected chi connectivity index (χ2v) is 5.61. The molecule has 106 valence electrons. The molecule has 0 bridgehead atoms. The highest BCUT2D eigenvalue weighted by molar-refractivity contribution is 5.50. The number of hydrogen-bond donors (Lipinski definition) is 2. The molecule has 1 aliphatic rings. The van der Waals surface area contributed by atoms with E-state index in [1.807, 2.05) is 19.1 Å². The molecule has 1 aromatic carbocycles. The summed E-state index contributed by atoms with van der Waals surface area (Å²) in [5, 5.41) is 13.4. The van der Waals surface area contributed by atoms with E-state index in [-0.39, 0.29) is 6.10 Å². The summed E-state index contributed by atoms with van der Waals surface area (Å²) >= 11 is 0. The molecule has 2 rings (SSSR count). The van der Waals surface area contributed by atoms with Gasteiger partial charge in [0.1, 0.15) is 5.75 Å². The minimum absolute atomic E-state index is 0.245. The molecule has 0 spiro atoms. The quantitative estimate of drug-likeness (QED) is 0.827. The largest absolute Gasteiger partial charge is 0.496 e. The lowest BCUT2D eigenvalue weighted by atomic mass is 10.00. The number of aliphatic hydroxyl groups is 1. The van der Waals surface area contributed by atoms with Gasteiger partial charge in [0.2, 0.25) is 0 Å². The first-order valence-corrected chi connectivity index (χ1v) is 7.25. The zero-order valence-electron chi connectivity index (χ0n) is 12.0. The third-order valence-corrected chi connectivity index (χ3v) is 4.02. The van der Waals surface area contributed by atoms with E-state index in [9.17, 15) is 5.11 Å². The predicted molar refractivity (Wildman–Crippen MR) is 78.8 cm³/mol. The summed E-state index contributed by atoms with van der Waals surface area (Å²) in [6.07, 6.45) is 5.94. The standard InChI is InChI=1S/C16H25NO2/c1-12-9-14(7-8-16(12)19-2)17-11-15(18)10-13-5-3-4-6-13/h7-9,13,15,17-18H,3-6,10-11H2,1-2H3. The lowest BCUT2D eigenvalue weighted by molar-refractivity contribution is 0.155. The van der Waals surface area contributed by atoms with Crippen LogP contribution >= 0.6 is 0 Å². The number of aryl methyl sites for hydroxylation is 1. The SMILES string of the molecule is COc1ccc(NCC(O)CC2CCCC2)cc1C. The van der Waals surface area contributed by atoms with Crippen LogP contribution in [0.5, 0.6) is 5.75 Å². The molecule has 2 N–H and O–H groups in total. The zero-order chi connectivity index (χ0) is 13.7. The van der Waals surface area contributed by atoms with E-state index in [4.69, 9.17) is 4.74 Å². The van der Waals surface area contributed by atoms with Crippen molar-refractivity contribution in [1.82, 2.24) is 0 Å². The lowest BCUT2D eigenvalue weighted by Gasteiger charge is -2.17. The molecule has 0 radical (unpaired) electrons. The third kappa shape index (κ3) is 4.13. The Morgan fingerprint density at radius 3 is 2.74 bits per heavy atom. The molecule has 1 aromatic rings. The molecule has 1 saturated carbocycles. The van der Waals surface area contributed by atoms with Gasteiger partial charge in [-0.05, 0) is 43.0 Å². The van der Waals surface area contributed by atoms with Gasteiger partial charge >= 0.3 is 0 Å². The van der Waals surface area contributed by atoms with E-state index >= 15 is 0 Å². The van der Waals surface area contributed by atoms with Gasteiger partial charge in [-0.25, -0.2) is 0 Å². The maximum atomic E-state index is 10.1. The maximum absolute atomic E-state index is 10.1. The van der Waals surface area contributed by atoms with E-state index in [0.29, 0.717) is 6.54 Å². The highest BCUT2D eigenvalue weighted by Crippen LogP contribution is 2.28. The average Bonchev–Trinajstić information content (AvgIpc) is 2.89. The van der Waals surface area contributed by atoms with Crippen LogP contribution in [0.25, 0.3) is 0 Å². The highest BCUT2D eigenvalue weighted by Gasteiger charge is 2.18. The molecule has 3 heteroatoms. The Morgan fingerprint density at radius 1 is 1.37 bits per heavy atom. The number of anilines is 1. The minimum atomic E-state index is -0.245. The van der Waals surface area contributed by atoms with Gasteiger partial charge in [0.15, 0.2) is 0 Å². The molecule has 0 saturated heterocycles. The Morgan fingerprint density at radius 2 is 2.11 bits per heavy atom. The smallest absolute Gasteiger partial charge is 0.121 e. The Hall–Kier alpha value is -1.22. The minimum Gasteiger partial charge on any atom is -0.496 e. The van der Waals surface area contributed by atoms with Crippen LogP contribution in [-0.2, 0) is 0 Å². The van der Waals surface area contributed by atoms with Gasteiger partial charge in [-0.15, -0.1) is 0 Å². The van der Waals surface area contributed by atoms with E-state index < -0.39 is 0 Å². The van der Waals surface area contributed by atoms with Gasteiger partial charge in [-0.1, -0.05) is 25.7 Å². The Kier molecular flexibility index (Phi) is 5.08. The first-order chi connectivity index (χ1) is 9.19. The van der Waals surface area contributed by atoms with E-state index in [1.54, 1.807) is 7.11 Å². The third-order valence-electron chi connectivity index (χ3n) is 4.02. The second kappa shape index (κ2) is 6.80. The van der Waals surface area contributed by atoms with E-state index in [2.05, 4.69) is 11.4 Å². The van der Waals surface area contributed by atoms with Gasteiger partial charge < -0.3 is 15.2 Å². The van der Waals surface area contributed by atoms with Crippen LogP contribution in [-0.4, -0.2) is 24.9 Å². The summed E-state index contributed by atoms with van der Waals surface area (Å²) in [6, 6.07) is 6.01. The predicted octanol–water partition coefficient (Wildman–Crippen LogP) is 3.36. The summed E-state index contributed by atoms with van der Waals surface area (Å²) in [5.74, 6) is 1.63. The first-order valence-electron chi connectivity index (χ1n) is 7.25. The van der Waals surface area contributed by atoms with Crippen molar-refractivity contribution in [1.29, 1.82) is 0 Å². The van der Waals surface area contributed by atoms with Crippen molar-refractivity contribution in [3.05, 3.63) is 23.8 Å². The monoisotopic (exact) mass is 263 g/mol. The molecule has 0 heterocycles. The van der Waals surface area contributed by atoms with Crippen molar-refractivity contribution in [3.63, 3.8) is 0 Å². The summed E-state index contributed by atoms with van der Waals surface area (Å²) in [5.41, 5.74) is 2.15. The fraction of sp³-hybridized carbons (Fsp3) is 0.625. The Balaban J connectivity index is 1.79. The molecule has 0 amide bonds. The van der Waals surface area contributed by atoms with Crippen LogP contribution in [0.4, 0.5) is 5.69 Å². The van der Waals surface area contributed by atoms with Crippen molar-refractivity contribution in [2.75, 3.05) is 19.0 Å². The van der Waals surface area contributed by atoms with Gasteiger partial charge in [0, 0.05) is 12.2 Å². The Bertz CT molecular complexity index is 400. The van der Waals surface area contributed by atoms with Crippen LogP contribution in [0.2, 0.25) is 0 Å². The van der Waals surface area contributed by atoms with Crippen molar-refractivity contribution < 1.29 is 9.84 Å². The van der Waals surface area contributed by atoms with Gasteiger partial charge in [-0.2, -0.15) is 0 Å². The molecular weight excluding hydrogens is 238 g/mol. The molecule has 19 heavy (non-hydrogen) atoms. The van der Waals surface area contributed by atoms with Crippen LogP contribution in [0.15, 0.2) is 18.2 Å². The number of hydrogen-bond acceptors (Lipinski definition) is 3. The molecule has 1 unspecified atom stereocenters. The topological polar surface area (TPSA) is 41.5 Å². The molecular formula is C16H25NO2. The zero-order valence-corrected chi connectivity index (χ0v) is 12.0. The molecule has 3 nitrogen and oxygen atoms in total. The van der Waals surface area contributed by atoms with Crippen molar-refractivity contribution in [2.24, 2.45) is 5.92 Å². The van der Waals surface area contributed by atoms with Gasteiger partial charge in [0.05, 0.1) is 13.2 Å². The van der Waals surface area contributed by atoms with Crippen molar-refractivity contribution >= 4 is 5.69 Å². The number of nitrogens with one attached hydrogen (secondary N) is 1. The maximum Gasteiger partial charge on any atom is 0.121 e. The Labute approximate surface area is 116 Å². The van der Waals surface area contributed by atoms with Crippen LogP contribution in [0, 0.1) is 12.8 Å². The summed E-state index contributed by atoms with van der Waals surface area (Å²) in [7, 11) is 1.68. The van der Waals surface area contributed by atoms with Gasteiger partial charge in [-0.3, -0.25) is 0 Å². The molecule has 0 aliphatic heterocycles. The number of methoxy groups -OCH3 is 1. The number of benzene rings is 1. The van der Waals surface area contributed by atoms with Crippen LogP contribution in [0.1, 0.15) is 37.7 Å². The normalized spacial score (nSPS) is 17.4. The van der Waals surface area contributed by atoms with Crippen LogP contribution in [0.3, 0.4) is 0 Å². The van der Waals surface area contributed by atoms with Crippen molar-refractivity contribution in [2.45, 2.75) is 45.1 Å². The molecule has 1 fully saturated rings. The molecule has 1 atom stereocenters. The highest BCUT2D eigenvalue weighted by atomic mass is 16.5. The molecule has 1 aliphatic carbocycles. The number of rotatable bonds is 6. The average molecular weight is 263 g/mol. The summed E-state index contributed by atoms with van der Waals surface area (Å²) in [4.78, 5) is 0. The second-order valence-electron chi connectivity index (χ2n) is 5.61. The van der Waals surface area contributed by atoms with Gasteiger partial charge in [0.25, 0.3) is 0 Å². The first kappa shape index (κ1) is 14.2.